The highest BCUT2D eigenvalue weighted by molar-refractivity contribution is 7.99. The maximum absolute atomic E-state index is 12.9. The van der Waals surface area contributed by atoms with Gasteiger partial charge in [-0.15, -0.1) is 11.8 Å². The van der Waals surface area contributed by atoms with Crippen LogP contribution in [-0.2, 0) is 20.6 Å². The van der Waals surface area contributed by atoms with Gasteiger partial charge in [0, 0.05) is 24.5 Å². The molecule has 0 saturated heterocycles. The van der Waals surface area contributed by atoms with E-state index in [2.05, 4.69) is 5.32 Å². The van der Waals surface area contributed by atoms with Gasteiger partial charge in [-0.2, -0.15) is 4.31 Å². The predicted octanol–water partition coefficient (Wildman–Crippen LogP) is 4.29. The molecule has 1 amide bonds. The number of sulfonamides is 1. The highest BCUT2D eigenvalue weighted by atomic mass is 32.2. The fraction of sp³-hybridized carbons (Fsp3) is 0.381. The van der Waals surface area contributed by atoms with Crippen molar-refractivity contribution in [2.24, 2.45) is 0 Å². The van der Waals surface area contributed by atoms with Crippen LogP contribution in [0, 0.1) is 6.92 Å². The zero-order chi connectivity index (χ0) is 20.7. The zero-order valence-corrected chi connectivity index (χ0v) is 18.4. The SMILES string of the molecule is CCN(CC)S(=O)(=O)c1cc(NC(=O)C(C)SCc2ccccc2)ccc1C. The van der Waals surface area contributed by atoms with E-state index in [1.807, 2.05) is 51.1 Å². The molecule has 1 unspecified atom stereocenters. The van der Waals surface area contributed by atoms with Crippen LogP contribution in [0.15, 0.2) is 53.4 Å². The summed E-state index contributed by atoms with van der Waals surface area (Å²) in [5.41, 5.74) is 2.32. The predicted molar refractivity (Wildman–Crippen MR) is 117 cm³/mol. The summed E-state index contributed by atoms with van der Waals surface area (Å²) >= 11 is 1.54. The largest absolute Gasteiger partial charge is 0.325 e. The normalized spacial score (nSPS) is 12.8. The van der Waals surface area contributed by atoms with Crippen LogP contribution in [0.4, 0.5) is 5.69 Å². The minimum atomic E-state index is -3.58. The molecule has 1 atom stereocenters. The summed E-state index contributed by atoms with van der Waals surface area (Å²) in [6.45, 7) is 8.05. The Hall–Kier alpha value is -1.83. The number of anilines is 1. The Morgan fingerprint density at radius 2 is 1.75 bits per heavy atom. The average molecular weight is 421 g/mol. The number of carbonyl (C=O) groups excluding carboxylic acids is 1. The van der Waals surface area contributed by atoms with E-state index in [0.29, 0.717) is 24.3 Å². The van der Waals surface area contributed by atoms with Crippen molar-refractivity contribution >= 4 is 33.4 Å². The molecule has 2 aromatic rings. The number of hydrogen-bond acceptors (Lipinski definition) is 4. The highest BCUT2D eigenvalue weighted by Crippen LogP contribution is 2.25. The molecule has 2 rings (SSSR count). The minimum Gasteiger partial charge on any atom is -0.325 e. The van der Waals surface area contributed by atoms with Crippen molar-refractivity contribution in [1.29, 1.82) is 0 Å². The summed E-state index contributed by atoms with van der Waals surface area (Å²) in [7, 11) is -3.58. The number of amides is 1. The van der Waals surface area contributed by atoms with Crippen LogP contribution in [0.3, 0.4) is 0 Å². The maximum Gasteiger partial charge on any atom is 0.243 e. The van der Waals surface area contributed by atoms with Gasteiger partial charge in [0.25, 0.3) is 0 Å². The van der Waals surface area contributed by atoms with Crippen molar-refractivity contribution in [3.8, 4) is 0 Å². The molecule has 7 heteroatoms. The lowest BCUT2D eigenvalue weighted by molar-refractivity contribution is -0.115. The second-order valence-corrected chi connectivity index (χ2v) is 9.73. The molecule has 0 aliphatic heterocycles. The lowest BCUT2D eigenvalue weighted by Crippen LogP contribution is -2.31. The van der Waals surface area contributed by atoms with E-state index in [4.69, 9.17) is 0 Å². The Morgan fingerprint density at radius 3 is 2.36 bits per heavy atom. The van der Waals surface area contributed by atoms with Crippen LogP contribution in [-0.4, -0.2) is 37.0 Å². The van der Waals surface area contributed by atoms with Crippen molar-refractivity contribution in [2.75, 3.05) is 18.4 Å². The molecule has 1 N–H and O–H groups in total. The number of carbonyl (C=O) groups is 1. The Morgan fingerprint density at radius 1 is 1.11 bits per heavy atom. The Bertz CT molecular complexity index is 895. The molecule has 0 spiro atoms. The van der Waals surface area contributed by atoms with E-state index in [0.717, 1.165) is 11.3 Å². The van der Waals surface area contributed by atoms with E-state index in [1.54, 1.807) is 36.9 Å². The minimum absolute atomic E-state index is 0.143. The number of thioether (sulfide) groups is 1. The van der Waals surface area contributed by atoms with Crippen LogP contribution in [0.25, 0.3) is 0 Å². The summed E-state index contributed by atoms with van der Waals surface area (Å²) in [4.78, 5) is 12.8. The van der Waals surface area contributed by atoms with E-state index >= 15 is 0 Å². The summed E-state index contributed by atoms with van der Waals surface area (Å²) in [5.74, 6) is 0.598. The first kappa shape index (κ1) is 22.5. The maximum atomic E-state index is 12.9. The van der Waals surface area contributed by atoms with Crippen LogP contribution >= 0.6 is 11.8 Å². The van der Waals surface area contributed by atoms with Gasteiger partial charge < -0.3 is 5.32 Å². The summed E-state index contributed by atoms with van der Waals surface area (Å²) in [5, 5.41) is 2.59. The molecule has 152 valence electrons. The summed E-state index contributed by atoms with van der Waals surface area (Å²) < 4.78 is 27.1. The highest BCUT2D eigenvalue weighted by Gasteiger charge is 2.24. The number of nitrogens with one attached hydrogen (secondary N) is 1. The third-order valence-electron chi connectivity index (χ3n) is 4.49. The first-order valence-electron chi connectivity index (χ1n) is 9.36. The fourth-order valence-electron chi connectivity index (χ4n) is 2.77. The molecule has 0 aromatic heterocycles. The van der Waals surface area contributed by atoms with Gasteiger partial charge in [0.2, 0.25) is 15.9 Å². The van der Waals surface area contributed by atoms with Crippen LogP contribution < -0.4 is 5.32 Å². The molecule has 2 aromatic carbocycles. The molecular formula is C21H28N2O3S2. The number of aryl methyl sites for hydroxylation is 1. The number of hydrogen-bond donors (Lipinski definition) is 1. The number of benzene rings is 2. The van der Waals surface area contributed by atoms with E-state index < -0.39 is 10.0 Å². The lowest BCUT2D eigenvalue weighted by atomic mass is 10.2. The molecule has 5 nitrogen and oxygen atoms in total. The van der Waals surface area contributed by atoms with Crippen molar-refractivity contribution in [2.45, 2.75) is 43.6 Å². The van der Waals surface area contributed by atoms with Gasteiger partial charge in [-0.1, -0.05) is 50.2 Å². The number of rotatable bonds is 9. The molecule has 0 heterocycles. The van der Waals surface area contributed by atoms with Gasteiger partial charge in [0.15, 0.2) is 0 Å². The molecular weight excluding hydrogens is 392 g/mol. The smallest absolute Gasteiger partial charge is 0.243 e. The fourth-order valence-corrected chi connectivity index (χ4v) is 5.33. The zero-order valence-electron chi connectivity index (χ0n) is 16.8. The van der Waals surface area contributed by atoms with Crippen molar-refractivity contribution < 1.29 is 13.2 Å². The molecule has 28 heavy (non-hydrogen) atoms. The first-order valence-corrected chi connectivity index (χ1v) is 11.9. The van der Waals surface area contributed by atoms with Crippen LogP contribution in [0.5, 0.6) is 0 Å². The molecule has 0 radical (unpaired) electrons. The summed E-state index contributed by atoms with van der Waals surface area (Å²) in [6, 6.07) is 15.0. The second kappa shape index (κ2) is 10.1. The van der Waals surface area contributed by atoms with Gasteiger partial charge in [0.1, 0.15) is 0 Å². The summed E-state index contributed by atoms with van der Waals surface area (Å²) in [6.07, 6.45) is 0. The monoisotopic (exact) mass is 420 g/mol. The Labute approximate surface area is 172 Å². The number of nitrogens with zero attached hydrogens (tertiary/aromatic N) is 1. The van der Waals surface area contributed by atoms with Crippen LogP contribution in [0.1, 0.15) is 31.9 Å². The van der Waals surface area contributed by atoms with Gasteiger partial charge in [-0.3, -0.25) is 4.79 Å². The van der Waals surface area contributed by atoms with E-state index in [-0.39, 0.29) is 16.1 Å². The quantitative estimate of drug-likeness (QED) is 0.657. The van der Waals surface area contributed by atoms with Gasteiger partial charge in [0.05, 0.1) is 10.1 Å². The average Bonchev–Trinajstić information content (AvgIpc) is 2.68. The molecule has 0 aliphatic carbocycles. The van der Waals surface area contributed by atoms with E-state index in [1.165, 1.54) is 4.31 Å². The standard InChI is InChI=1S/C21H28N2O3S2/c1-5-23(6-2)28(25,26)20-14-19(13-12-16(20)3)22-21(24)17(4)27-15-18-10-8-7-9-11-18/h7-14,17H,5-6,15H2,1-4H3,(H,22,24). The lowest BCUT2D eigenvalue weighted by Gasteiger charge is -2.20. The molecule has 0 bridgehead atoms. The molecule has 0 fully saturated rings. The van der Waals surface area contributed by atoms with Crippen molar-refractivity contribution in [3.05, 3.63) is 59.7 Å². The Kier molecular flexibility index (Phi) is 8.10. The van der Waals surface area contributed by atoms with Crippen molar-refractivity contribution in [3.63, 3.8) is 0 Å². The first-order chi connectivity index (χ1) is 13.3. The van der Waals surface area contributed by atoms with Crippen molar-refractivity contribution in [1.82, 2.24) is 4.31 Å². The third kappa shape index (κ3) is 5.59. The molecule has 0 aliphatic rings. The Balaban J connectivity index is 2.10. The topological polar surface area (TPSA) is 66.5 Å². The van der Waals surface area contributed by atoms with E-state index in [9.17, 15) is 13.2 Å². The van der Waals surface area contributed by atoms with Crippen LogP contribution in [0.2, 0.25) is 0 Å². The second-order valence-electron chi connectivity index (χ2n) is 6.50. The molecule has 0 saturated carbocycles. The van der Waals surface area contributed by atoms with Gasteiger partial charge in [-0.05, 0) is 37.1 Å². The van der Waals surface area contributed by atoms with Gasteiger partial charge >= 0.3 is 0 Å². The van der Waals surface area contributed by atoms with Gasteiger partial charge in [-0.25, -0.2) is 8.42 Å². The third-order valence-corrected chi connectivity index (χ3v) is 7.90.